The van der Waals surface area contributed by atoms with Gasteiger partial charge in [-0.25, -0.2) is 9.98 Å². The Kier molecular flexibility index (Phi) is 7.03. The first kappa shape index (κ1) is 23.5. The van der Waals surface area contributed by atoms with E-state index in [-0.39, 0.29) is 5.91 Å². The lowest BCUT2D eigenvalue weighted by atomic mass is 9.95. The third-order valence-electron chi connectivity index (χ3n) is 6.80. The van der Waals surface area contributed by atoms with Gasteiger partial charge in [0.15, 0.2) is 11.2 Å². The predicted octanol–water partition coefficient (Wildman–Crippen LogP) is 2.03. The van der Waals surface area contributed by atoms with Crippen LogP contribution in [0.15, 0.2) is 46.5 Å². The second-order valence-electron chi connectivity index (χ2n) is 8.67. The molecule has 3 aliphatic heterocycles. The summed E-state index contributed by atoms with van der Waals surface area (Å²) in [4.78, 5) is 27.8. The van der Waals surface area contributed by atoms with Gasteiger partial charge in [-0.3, -0.25) is 9.69 Å². The molecule has 2 saturated heterocycles. The second kappa shape index (κ2) is 10.2. The zero-order valence-electron chi connectivity index (χ0n) is 19.6. The van der Waals surface area contributed by atoms with Crippen molar-refractivity contribution in [2.24, 2.45) is 4.99 Å². The molecule has 1 amide bonds. The summed E-state index contributed by atoms with van der Waals surface area (Å²) in [5.74, 6) is 0.616. The Morgan fingerprint density at radius 2 is 2.03 bits per heavy atom. The van der Waals surface area contributed by atoms with E-state index >= 15 is 0 Å². The molecule has 0 radical (unpaired) electrons. The third-order valence-corrected chi connectivity index (χ3v) is 7.83. The van der Waals surface area contributed by atoms with Crippen molar-refractivity contribution < 1.29 is 19.0 Å². The maximum absolute atomic E-state index is 13.1. The van der Waals surface area contributed by atoms with Crippen molar-refractivity contribution in [3.8, 4) is 0 Å². The van der Waals surface area contributed by atoms with E-state index in [1.807, 2.05) is 24.3 Å². The van der Waals surface area contributed by atoms with Gasteiger partial charge in [-0.1, -0.05) is 17.8 Å². The van der Waals surface area contributed by atoms with Crippen LogP contribution in [0.4, 0.5) is 5.82 Å². The number of hydrogen-bond acceptors (Lipinski definition) is 9. The maximum atomic E-state index is 13.1. The second-order valence-corrected chi connectivity index (χ2v) is 9.79. The minimum atomic E-state index is -0.765. The molecule has 182 valence electrons. The van der Waals surface area contributed by atoms with Crippen molar-refractivity contribution in [2.75, 3.05) is 58.6 Å². The van der Waals surface area contributed by atoms with Crippen LogP contribution in [0.3, 0.4) is 0 Å². The summed E-state index contributed by atoms with van der Waals surface area (Å²) in [7, 11) is 3.79. The van der Waals surface area contributed by atoms with E-state index in [0.29, 0.717) is 24.8 Å². The molecule has 1 aromatic heterocycles. The van der Waals surface area contributed by atoms with Crippen molar-refractivity contribution in [2.45, 2.75) is 30.1 Å². The molecule has 4 heterocycles. The number of fused-ring (bicyclic) bond motifs is 1. The number of aliphatic imine (C=N–C) groups is 1. The highest BCUT2D eigenvalue weighted by Crippen LogP contribution is 2.41. The topological polar surface area (TPSA) is 88.5 Å². The van der Waals surface area contributed by atoms with Crippen LogP contribution in [0.2, 0.25) is 0 Å². The minimum absolute atomic E-state index is 0.174. The summed E-state index contributed by atoms with van der Waals surface area (Å²) in [5.41, 5.74) is 0.215. The highest BCUT2D eigenvalue weighted by molar-refractivity contribution is 8.05. The van der Waals surface area contributed by atoms with Crippen LogP contribution in [0.25, 0.3) is 0 Å². The third kappa shape index (κ3) is 4.52. The zero-order chi connectivity index (χ0) is 23.5. The number of allylic oxidation sites excluding steroid dienone is 2. The smallest absolute Gasteiger partial charge is 0.253 e. The quantitative estimate of drug-likeness (QED) is 0.613. The SMILES string of the molecule is COC1(N(C)C2CCOCC2)C=CC=C2SC(NC(=O)c3ccnc(N4CCOCC4)c3)N=C21. The first-order valence-corrected chi connectivity index (χ1v) is 12.6. The summed E-state index contributed by atoms with van der Waals surface area (Å²) in [6.07, 6.45) is 9.67. The number of rotatable bonds is 6. The lowest BCUT2D eigenvalue weighted by molar-refractivity contribution is -0.0758. The average Bonchev–Trinajstić information content (AvgIpc) is 3.32. The van der Waals surface area contributed by atoms with Crippen LogP contribution >= 0.6 is 11.8 Å². The Morgan fingerprint density at radius 3 is 2.79 bits per heavy atom. The van der Waals surface area contributed by atoms with Crippen molar-refractivity contribution in [1.82, 2.24) is 15.2 Å². The number of carbonyl (C=O) groups is 1. The molecule has 2 fully saturated rings. The Bertz CT molecular complexity index is 1000. The molecule has 9 nitrogen and oxygen atoms in total. The number of nitrogens with one attached hydrogen (secondary N) is 1. The van der Waals surface area contributed by atoms with Crippen molar-refractivity contribution in [1.29, 1.82) is 0 Å². The average molecular weight is 486 g/mol. The number of thioether (sulfide) groups is 1. The van der Waals surface area contributed by atoms with Crippen molar-refractivity contribution in [3.05, 3.63) is 47.0 Å². The van der Waals surface area contributed by atoms with Gasteiger partial charge < -0.3 is 24.4 Å². The van der Waals surface area contributed by atoms with Gasteiger partial charge in [0, 0.05) is 56.1 Å². The van der Waals surface area contributed by atoms with Gasteiger partial charge in [0.05, 0.1) is 13.2 Å². The highest BCUT2D eigenvalue weighted by Gasteiger charge is 2.47. The number of likely N-dealkylation sites (N-methyl/N-ethyl adjacent to an activating group) is 1. The van der Waals surface area contributed by atoms with E-state index in [9.17, 15) is 4.79 Å². The number of carbonyl (C=O) groups excluding carboxylic acids is 1. The number of nitrogens with zero attached hydrogens (tertiary/aromatic N) is 4. The van der Waals surface area contributed by atoms with Crippen molar-refractivity contribution >= 4 is 29.2 Å². The summed E-state index contributed by atoms with van der Waals surface area (Å²) < 4.78 is 17.1. The number of pyridine rings is 1. The molecule has 4 aliphatic rings. The molecular weight excluding hydrogens is 454 g/mol. The van der Waals surface area contributed by atoms with Crippen LogP contribution in [0.1, 0.15) is 23.2 Å². The van der Waals surface area contributed by atoms with Crippen LogP contribution in [0, 0.1) is 0 Å². The Labute approximate surface area is 204 Å². The standard InChI is InChI=1S/C24H31N5O4S/c1-28(18-6-12-32-13-7-18)24(31-2)8-3-4-19-21(24)26-23(34-19)27-22(30)17-5-9-25-20(16-17)29-10-14-33-15-11-29/h3-5,8-9,16,18,23H,6-7,10-15H2,1-2H3,(H,27,30). The van der Waals surface area contributed by atoms with Gasteiger partial charge in [-0.05, 0) is 44.2 Å². The van der Waals surface area contributed by atoms with E-state index in [1.54, 1.807) is 19.4 Å². The number of morpholine rings is 1. The van der Waals surface area contributed by atoms with Crippen molar-refractivity contribution in [3.63, 3.8) is 0 Å². The molecule has 0 saturated carbocycles. The van der Waals surface area contributed by atoms with Gasteiger partial charge >= 0.3 is 0 Å². The maximum Gasteiger partial charge on any atom is 0.253 e. The fraction of sp³-hybridized carbons (Fsp3) is 0.542. The highest BCUT2D eigenvalue weighted by atomic mass is 32.2. The Morgan fingerprint density at radius 1 is 1.26 bits per heavy atom. The first-order valence-electron chi connectivity index (χ1n) is 11.7. The zero-order valence-corrected chi connectivity index (χ0v) is 20.4. The molecule has 0 spiro atoms. The molecule has 1 aromatic rings. The molecule has 1 N–H and O–H groups in total. The van der Waals surface area contributed by atoms with Gasteiger partial charge in [-0.2, -0.15) is 0 Å². The lowest BCUT2D eigenvalue weighted by Gasteiger charge is -2.45. The minimum Gasteiger partial charge on any atom is -0.381 e. The van der Waals surface area contributed by atoms with Gasteiger partial charge in [-0.15, -0.1) is 0 Å². The normalized spacial score (nSPS) is 27.4. The number of aromatic nitrogens is 1. The molecule has 2 unspecified atom stereocenters. The van der Waals surface area contributed by atoms with E-state index in [1.165, 1.54) is 11.8 Å². The van der Waals surface area contributed by atoms with E-state index < -0.39 is 11.2 Å². The van der Waals surface area contributed by atoms with Crippen LogP contribution in [-0.4, -0.2) is 92.4 Å². The predicted molar refractivity (Wildman–Crippen MR) is 132 cm³/mol. The Hall–Kier alpha value is -2.24. The summed E-state index contributed by atoms with van der Waals surface area (Å²) in [6, 6.07) is 3.90. The summed E-state index contributed by atoms with van der Waals surface area (Å²) >= 11 is 1.53. The fourth-order valence-corrected chi connectivity index (χ4v) is 5.87. The molecule has 1 aliphatic carbocycles. The van der Waals surface area contributed by atoms with Gasteiger partial charge in [0.25, 0.3) is 5.91 Å². The molecule has 34 heavy (non-hydrogen) atoms. The summed E-state index contributed by atoms with van der Waals surface area (Å²) in [5, 5.41) is 3.06. The number of amides is 1. The lowest BCUT2D eigenvalue weighted by Crippen LogP contribution is -2.58. The summed E-state index contributed by atoms with van der Waals surface area (Å²) in [6.45, 7) is 4.37. The monoisotopic (exact) mass is 485 g/mol. The number of methoxy groups -OCH3 is 1. The van der Waals surface area contributed by atoms with Gasteiger partial charge in [0.2, 0.25) is 0 Å². The molecular formula is C24H31N5O4S. The first-order chi connectivity index (χ1) is 16.6. The number of anilines is 1. The van der Waals surface area contributed by atoms with Crippen LogP contribution < -0.4 is 10.2 Å². The van der Waals surface area contributed by atoms with E-state index in [2.05, 4.69) is 27.1 Å². The molecule has 5 rings (SSSR count). The number of ether oxygens (including phenoxy) is 3. The number of hydrogen-bond donors (Lipinski definition) is 1. The van der Waals surface area contributed by atoms with E-state index in [4.69, 9.17) is 19.2 Å². The fourth-order valence-electron chi connectivity index (χ4n) is 4.83. The van der Waals surface area contributed by atoms with Gasteiger partial charge in [0.1, 0.15) is 11.5 Å². The van der Waals surface area contributed by atoms with Crippen LogP contribution in [0.5, 0.6) is 0 Å². The Balaban J connectivity index is 1.32. The molecule has 0 bridgehead atoms. The van der Waals surface area contributed by atoms with Crippen LogP contribution in [-0.2, 0) is 14.2 Å². The largest absolute Gasteiger partial charge is 0.381 e. The molecule has 0 aromatic carbocycles. The molecule has 10 heteroatoms. The molecule has 2 atom stereocenters. The van der Waals surface area contributed by atoms with E-state index in [0.717, 1.165) is 55.6 Å².